The quantitative estimate of drug-likeness (QED) is 0.631. The van der Waals surface area contributed by atoms with Gasteiger partial charge in [-0.25, -0.2) is 0 Å². The number of aliphatic hydroxyl groups excluding tert-OH is 1. The van der Waals surface area contributed by atoms with Crippen molar-refractivity contribution in [2.24, 2.45) is 0 Å². The van der Waals surface area contributed by atoms with Crippen LogP contribution in [-0.2, 0) is 0 Å². The Morgan fingerprint density at radius 3 is 2.57 bits per heavy atom. The van der Waals surface area contributed by atoms with E-state index < -0.39 is 0 Å². The minimum atomic E-state index is -0.244. The summed E-state index contributed by atoms with van der Waals surface area (Å²) in [5, 5.41) is 15.8. The summed E-state index contributed by atoms with van der Waals surface area (Å²) >= 11 is 0. The van der Waals surface area contributed by atoms with Gasteiger partial charge in [-0.1, -0.05) is 20.1 Å². The molecule has 14 heavy (non-hydrogen) atoms. The summed E-state index contributed by atoms with van der Waals surface area (Å²) in [6.45, 7) is 10.4. The molecule has 0 radical (unpaired) electrons. The van der Waals surface area contributed by atoms with Crippen molar-refractivity contribution < 1.29 is 5.11 Å². The first-order valence-corrected chi connectivity index (χ1v) is 5.15. The molecule has 1 heterocycles. The summed E-state index contributed by atoms with van der Waals surface area (Å²) < 4.78 is 0. The molecular weight excluding hydrogens is 176 g/mol. The smallest absolute Gasteiger partial charge is 0.0662 e. The molecule has 1 saturated heterocycles. The average Bonchev–Trinajstić information content (AvgIpc) is 2.12. The van der Waals surface area contributed by atoms with Gasteiger partial charge in [0.15, 0.2) is 0 Å². The fourth-order valence-corrected chi connectivity index (χ4v) is 1.61. The third-order valence-corrected chi connectivity index (χ3v) is 2.45. The lowest BCUT2D eigenvalue weighted by atomic mass is 10.0. The maximum absolute atomic E-state index is 9.40. The van der Waals surface area contributed by atoms with Crippen molar-refractivity contribution in [3.63, 3.8) is 0 Å². The van der Waals surface area contributed by atoms with Gasteiger partial charge in [0.05, 0.1) is 6.10 Å². The van der Waals surface area contributed by atoms with Crippen molar-refractivity contribution in [2.75, 3.05) is 6.54 Å². The summed E-state index contributed by atoms with van der Waals surface area (Å²) in [5.41, 5.74) is 2.01. The van der Waals surface area contributed by atoms with E-state index in [0.29, 0.717) is 12.6 Å². The summed E-state index contributed by atoms with van der Waals surface area (Å²) in [4.78, 5) is 0. The van der Waals surface area contributed by atoms with Gasteiger partial charge in [-0.3, -0.25) is 0 Å². The van der Waals surface area contributed by atoms with Crippen molar-refractivity contribution in [3.8, 4) is 0 Å². The number of hydrogen-bond acceptors (Lipinski definition) is 3. The lowest BCUT2D eigenvalue weighted by molar-refractivity contribution is 0.161. The first-order valence-electron chi connectivity index (χ1n) is 5.15. The average molecular weight is 196 g/mol. The molecule has 0 saturated carbocycles. The zero-order valence-corrected chi connectivity index (χ0v) is 8.84. The van der Waals surface area contributed by atoms with Gasteiger partial charge in [-0.15, -0.1) is 0 Å². The Hall–Kier alpha value is -0.800. The minimum absolute atomic E-state index is 0.244. The Morgan fingerprint density at radius 1 is 1.50 bits per heavy atom. The van der Waals surface area contributed by atoms with Gasteiger partial charge in [0.1, 0.15) is 0 Å². The van der Waals surface area contributed by atoms with Gasteiger partial charge in [0.25, 0.3) is 0 Å². The molecule has 80 valence electrons. The number of nitrogens with one attached hydrogen (secondary N) is 2. The van der Waals surface area contributed by atoms with E-state index in [4.69, 9.17) is 0 Å². The summed E-state index contributed by atoms with van der Waals surface area (Å²) in [6, 6.07) is 0.373. The van der Waals surface area contributed by atoms with Crippen molar-refractivity contribution in [3.05, 3.63) is 24.6 Å². The summed E-state index contributed by atoms with van der Waals surface area (Å²) in [6.07, 6.45) is 2.37. The standard InChI is InChI=1S/C11H20N2O/c1-4-11(14)7-12-10-5-8(2)13-9(3)6-10/h10-14H,2-7H2,1H3. The second kappa shape index (κ2) is 5.17. The van der Waals surface area contributed by atoms with Crippen molar-refractivity contribution in [1.82, 2.24) is 10.6 Å². The SMILES string of the molecule is C=C1CC(NCC(O)CC)CC(=C)N1. The first-order chi connectivity index (χ1) is 6.61. The van der Waals surface area contributed by atoms with Crippen LogP contribution < -0.4 is 10.6 Å². The number of aliphatic hydroxyl groups is 1. The number of hydrogen-bond donors (Lipinski definition) is 3. The number of rotatable bonds is 4. The second-order valence-corrected chi connectivity index (χ2v) is 3.91. The van der Waals surface area contributed by atoms with Gasteiger partial charge < -0.3 is 15.7 Å². The Balaban J connectivity index is 2.30. The van der Waals surface area contributed by atoms with Gasteiger partial charge in [0.2, 0.25) is 0 Å². The molecule has 0 aromatic carbocycles. The molecule has 0 aromatic heterocycles. The van der Waals surface area contributed by atoms with Crippen molar-refractivity contribution in [2.45, 2.75) is 38.3 Å². The molecule has 3 nitrogen and oxygen atoms in total. The van der Waals surface area contributed by atoms with E-state index in [1.54, 1.807) is 0 Å². The molecule has 1 rings (SSSR count). The molecule has 0 aliphatic carbocycles. The molecular formula is C11H20N2O. The molecule has 0 bridgehead atoms. The molecule has 0 amide bonds. The molecule has 0 aromatic rings. The zero-order chi connectivity index (χ0) is 10.6. The van der Waals surface area contributed by atoms with E-state index in [1.807, 2.05) is 6.92 Å². The van der Waals surface area contributed by atoms with E-state index in [1.165, 1.54) is 0 Å². The van der Waals surface area contributed by atoms with E-state index in [9.17, 15) is 5.11 Å². The van der Waals surface area contributed by atoms with E-state index in [2.05, 4.69) is 23.8 Å². The van der Waals surface area contributed by atoms with Crippen molar-refractivity contribution >= 4 is 0 Å². The van der Waals surface area contributed by atoms with E-state index >= 15 is 0 Å². The van der Waals surface area contributed by atoms with Gasteiger partial charge >= 0.3 is 0 Å². The molecule has 1 fully saturated rings. The van der Waals surface area contributed by atoms with Crippen LogP contribution in [0.1, 0.15) is 26.2 Å². The highest BCUT2D eigenvalue weighted by Gasteiger charge is 2.17. The van der Waals surface area contributed by atoms with E-state index in [-0.39, 0.29) is 6.10 Å². The lowest BCUT2D eigenvalue weighted by Gasteiger charge is -2.28. The predicted molar refractivity (Wildman–Crippen MR) is 58.7 cm³/mol. The summed E-state index contributed by atoms with van der Waals surface area (Å²) in [5.74, 6) is 0. The Morgan fingerprint density at radius 2 is 2.07 bits per heavy atom. The highest BCUT2D eigenvalue weighted by molar-refractivity contribution is 5.13. The maximum atomic E-state index is 9.40. The largest absolute Gasteiger partial charge is 0.392 e. The summed E-state index contributed by atoms with van der Waals surface area (Å²) in [7, 11) is 0. The Bertz CT molecular complexity index is 209. The Kier molecular flexibility index (Phi) is 4.17. The zero-order valence-electron chi connectivity index (χ0n) is 8.84. The maximum Gasteiger partial charge on any atom is 0.0662 e. The van der Waals surface area contributed by atoms with Crippen LogP contribution in [-0.4, -0.2) is 23.8 Å². The van der Waals surface area contributed by atoms with Crippen LogP contribution in [0.4, 0.5) is 0 Å². The highest BCUT2D eigenvalue weighted by Crippen LogP contribution is 2.16. The van der Waals surface area contributed by atoms with Crippen LogP contribution in [0.3, 0.4) is 0 Å². The van der Waals surface area contributed by atoms with Crippen LogP contribution in [0.2, 0.25) is 0 Å². The van der Waals surface area contributed by atoms with Gasteiger partial charge in [-0.2, -0.15) is 0 Å². The van der Waals surface area contributed by atoms with Crippen molar-refractivity contribution in [1.29, 1.82) is 0 Å². The second-order valence-electron chi connectivity index (χ2n) is 3.91. The molecule has 3 N–H and O–H groups in total. The lowest BCUT2D eigenvalue weighted by Crippen LogP contribution is -2.40. The molecule has 1 aliphatic heterocycles. The van der Waals surface area contributed by atoms with Crippen LogP contribution in [0.15, 0.2) is 24.6 Å². The minimum Gasteiger partial charge on any atom is -0.392 e. The fourth-order valence-electron chi connectivity index (χ4n) is 1.61. The molecule has 1 atom stereocenters. The Labute approximate surface area is 85.9 Å². The molecule has 3 heteroatoms. The van der Waals surface area contributed by atoms with Gasteiger partial charge in [0, 0.05) is 36.8 Å². The molecule has 1 aliphatic rings. The first kappa shape index (κ1) is 11.3. The molecule has 1 unspecified atom stereocenters. The predicted octanol–water partition coefficient (Wildman–Crippen LogP) is 1.13. The van der Waals surface area contributed by atoms with E-state index in [0.717, 1.165) is 30.7 Å². The van der Waals surface area contributed by atoms with Crippen LogP contribution >= 0.6 is 0 Å². The third kappa shape index (κ3) is 3.52. The van der Waals surface area contributed by atoms with Gasteiger partial charge in [-0.05, 0) is 6.42 Å². The van der Waals surface area contributed by atoms with Crippen LogP contribution in [0, 0.1) is 0 Å². The monoisotopic (exact) mass is 196 g/mol. The highest BCUT2D eigenvalue weighted by atomic mass is 16.3. The molecule has 0 spiro atoms. The van der Waals surface area contributed by atoms with Crippen LogP contribution in [0.25, 0.3) is 0 Å². The number of piperidine rings is 1. The fraction of sp³-hybridized carbons (Fsp3) is 0.636. The normalized spacial score (nSPS) is 20.7. The third-order valence-electron chi connectivity index (χ3n) is 2.45. The topological polar surface area (TPSA) is 44.3 Å². The van der Waals surface area contributed by atoms with Crippen LogP contribution in [0.5, 0.6) is 0 Å².